The van der Waals surface area contributed by atoms with Gasteiger partial charge in [-0.1, -0.05) is 12.1 Å². The van der Waals surface area contributed by atoms with E-state index in [4.69, 9.17) is 10.5 Å². The summed E-state index contributed by atoms with van der Waals surface area (Å²) in [6, 6.07) is 3.98. The second-order valence-corrected chi connectivity index (χ2v) is 5.04. The van der Waals surface area contributed by atoms with Crippen LogP contribution in [0.15, 0.2) is 12.1 Å². The number of methoxy groups -OCH3 is 1. The lowest BCUT2D eigenvalue weighted by molar-refractivity contribution is 0.0299. The number of ether oxygens (including phenoxy) is 1. The minimum absolute atomic E-state index is 0.0797. The average Bonchev–Trinajstić information content (AvgIpc) is 2.31. The van der Waals surface area contributed by atoms with E-state index in [-0.39, 0.29) is 6.61 Å². The van der Waals surface area contributed by atoms with Crippen LogP contribution < -0.4 is 5.73 Å². The van der Waals surface area contributed by atoms with Gasteiger partial charge in [-0.2, -0.15) is 0 Å². The summed E-state index contributed by atoms with van der Waals surface area (Å²) < 4.78 is 20.2. The van der Waals surface area contributed by atoms with Gasteiger partial charge in [-0.3, -0.25) is 0 Å². The zero-order chi connectivity index (χ0) is 13.8. The monoisotopic (exact) mass is 253 g/mol. The van der Waals surface area contributed by atoms with Crippen molar-refractivity contribution in [1.82, 2.24) is 0 Å². The molecule has 0 aromatic heterocycles. The van der Waals surface area contributed by atoms with E-state index < -0.39 is 5.67 Å². The van der Waals surface area contributed by atoms with E-state index >= 15 is 4.39 Å². The molecule has 0 fully saturated rings. The van der Waals surface area contributed by atoms with Gasteiger partial charge in [0.05, 0.1) is 6.61 Å². The topological polar surface area (TPSA) is 35.2 Å². The molecule has 0 aliphatic heterocycles. The lowest BCUT2D eigenvalue weighted by atomic mass is 9.86. The molecule has 102 valence electrons. The highest BCUT2D eigenvalue weighted by molar-refractivity contribution is 5.40. The molecule has 1 rings (SSSR count). The van der Waals surface area contributed by atoms with Gasteiger partial charge in [-0.15, -0.1) is 0 Å². The van der Waals surface area contributed by atoms with Crippen molar-refractivity contribution < 1.29 is 9.13 Å². The molecule has 0 aliphatic carbocycles. The summed E-state index contributed by atoms with van der Waals surface area (Å²) in [6.45, 7) is 6.58. The van der Waals surface area contributed by atoms with Crippen molar-refractivity contribution in [2.24, 2.45) is 5.73 Å². The predicted molar refractivity (Wildman–Crippen MR) is 73.6 cm³/mol. The quantitative estimate of drug-likeness (QED) is 0.845. The van der Waals surface area contributed by atoms with Crippen molar-refractivity contribution in [3.63, 3.8) is 0 Å². The van der Waals surface area contributed by atoms with Crippen molar-refractivity contribution in [1.29, 1.82) is 0 Å². The highest BCUT2D eigenvalue weighted by atomic mass is 19.1. The van der Waals surface area contributed by atoms with E-state index in [9.17, 15) is 0 Å². The van der Waals surface area contributed by atoms with Crippen molar-refractivity contribution in [3.8, 4) is 0 Å². The van der Waals surface area contributed by atoms with Crippen molar-refractivity contribution in [3.05, 3.63) is 34.4 Å². The molecule has 0 saturated heterocycles. The molecule has 1 atom stereocenters. The highest BCUT2D eigenvalue weighted by Gasteiger charge is 2.33. The van der Waals surface area contributed by atoms with Crippen LogP contribution in [0, 0.1) is 20.8 Å². The van der Waals surface area contributed by atoms with Gasteiger partial charge in [-0.05, 0) is 62.4 Å². The van der Waals surface area contributed by atoms with Gasteiger partial charge in [0.25, 0.3) is 0 Å². The Bertz CT molecular complexity index is 406. The first-order valence-electron chi connectivity index (χ1n) is 6.41. The van der Waals surface area contributed by atoms with E-state index in [1.54, 1.807) is 0 Å². The van der Waals surface area contributed by atoms with Crippen LogP contribution in [0.2, 0.25) is 0 Å². The van der Waals surface area contributed by atoms with Crippen molar-refractivity contribution >= 4 is 0 Å². The lowest BCUT2D eigenvalue weighted by Crippen LogP contribution is -2.28. The second kappa shape index (κ2) is 6.30. The number of aryl methyl sites for hydroxylation is 3. The van der Waals surface area contributed by atoms with Crippen LogP contribution in [-0.4, -0.2) is 20.3 Å². The Hall–Kier alpha value is -0.930. The number of rotatable bonds is 6. The summed E-state index contributed by atoms with van der Waals surface area (Å²) >= 11 is 0. The van der Waals surface area contributed by atoms with Gasteiger partial charge in [0, 0.05) is 7.11 Å². The Labute approximate surface area is 109 Å². The number of nitrogens with two attached hydrogens (primary N) is 1. The first-order valence-corrected chi connectivity index (χ1v) is 6.41. The van der Waals surface area contributed by atoms with E-state index in [1.807, 2.05) is 32.9 Å². The summed E-state index contributed by atoms with van der Waals surface area (Å²) in [5.74, 6) is 0. The summed E-state index contributed by atoms with van der Waals surface area (Å²) in [5, 5.41) is 0. The molecule has 2 nitrogen and oxygen atoms in total. The number of hydrogen-bond donors (Lipinski definition) is 1. The van der Waals surface area contributed by atoms with Crippen LogP contribution in [0.4, 0.5) is 4.39 Å². The van der Waals surface area contributed by atoms with E-state index in [1.165, 1.54) is 12.7 Å². The van der Waals surface area contributed by atoms with Crippen LogP contribution in [0.25, 0.3) is 0 Å². The molecule has 0 radical (unpaired) electrons. The molecule has 1 aromatic carbocycles. The zero-order valence-corrected chi connectivity index (χ0v) is 11.8. The van der Waals surface area contributed by atoms with Gasteiger partial charge >= 0.3 is 0 Å². The Morgan fingerprint density at radius 2 is 1.78 bits per heavy atom. The van der Waals surface area contributed by atoms with Gasteiger partial charge in [0.2, 0.25) is 0 Å². The number of hydrogen-bond acceptors (Lipinski definition) is 2. The molecule has 0 spiro atoms. The van der Waals surface area contributed by atoms with Gasteiger partial charge in [0.1, 0.15) is 0 Å². The van der Waals surface area contributed by atoms with Gasteiger partial charge < -0.3 is 10.5 Å². The Morgan fingerprint density at radius 1 is 1.17 bits per heavy atom. The summed E-state index contributed by atoms with van der Waals surface area (Å²) in [5.41, 5.74) is 8.08. The van der Waals surface area contributed by atoms with Crippen molar-refractivity contribution in [2.75, 3.05) is 20.3 Å². The first-order chi connectivity index (χ1) is 8.44. The summed E-state index contributed by atoms with van der Waals surface area (Å²) in [6.07, 6.45) is 1.06. The molecule has 0 saturated carbocycles. The second-order valence-electron chi connectivity index (χ2n) is 5.04. The fourth-order valence-electron chi connectivity index (χ4n) is 2.34. The van der Waals surface area contributed by atoms with Crippen LogP contribution in [0.3, 0.4) is 0 Å². The van der Waals surface area contributed by atoms with Crippen molar-refractivity contribution in [2.45, 2.75) is 39.3 Å². The highest BCUT2D eigenvalue weighted by Crippen LogP contribution is 2.35. The predicted octanol–water partition coefficient (Wildman–Crippen LogP) is 3.16. The van der Waals surface area contributed by atoms with Gasteiger partial charge in [-0.25, -0.2) is 4.39 Å². The molecule has 0 aliphatic rings. The smallest absolute Gasteiger partial charge is 0.159 e. The fourth-order valence-corrected chi connectivity index (χ4v) is 2.34. The fraction of sp³-hybridized carbons (Fsp3) is 0.600. The molecule has 0 amide bonds. The minimum Gasteiger partial charge on any atom is -0.381 e. The third kappa shape index (κ3) is 3.30. The molecule has 3 heteroatoms. The zero-order valence-electron chi connectivity index (χ0n) is 11.8. The number of halogens is 1. The van der Waals surface area contributed by atoms with Crippen LogP contribution >= 0.6 is 0 Å². The third-order valence-corrected chi connectivity index (χ3v) is 3.47. The van der Waals surface area contributed by atoms with E-state index in [2.05, 4.69) is 0 Å². The maximum atomic E-state index is 15.1. The molecular weight excluding hydrogens is 229 g/mol. The molecule has 1 unspecified atom stereocenters. The average molecular weight is 253 g/mol. The Morgan fingerprint density at radius 3 is 2.33 bits per heavy atom. The standard InChI is InChI=1S/C15H24FNO/c1-11-8-13(3)14(9-12(11)2)15(16,10-18-4)6-5-7-17/h8-9H,5-7,10,17H2,1-4H3. The molecule has 0 heterocycles. The summed E-state index contributed by atoms with van der Waals surface area (Å²) in [7, 11) is 1.53. The van der Waals surface area contributed by atoms with Gasteiger partial charge in [0.15, 0.2) is 5.67 Å². The third-order valence-electron chi connectivity index (χ3n) is 3.47. The van der Waals surface area contributed by atoms with E-state index in [0.29, 0.717) is 19.4 Å². The molecular formula is C15H24FNO. The van der Waals surface area contributed by atoms with Crippen LogP contribution in [0.1, 0.15) is 35.1 Å². The molecule has 2 N–H and O–H groups in total. The SMILES string of the molecule is COCC(F)(CCCN)c1cc(C)c(C)cc1C. The maximum Gasteiger partial charge on any atom is 0.159 e. The first kappa shape index (κ1) is 15.1. The maximum absolute atomic E-state index is 15.1. The summed E-state index contributed by atoms with van der Waals surface area (Å²) in [4.78, 5) is 0. The Balaban J connectivity index is 3.16. The van der Waals surface area contributed by atoms with Crippen LogP contribution in [-0.2, 0) is 10.4 Å². The number of alkyl halides is 1. The van der Waals surface area contributed by atoms with E-state index in [0.717, 1.165) is 16.7 Å². The Kier molecular flexibility index (Phi) is 5.29. The number of benzene rings is 1. The molecule has 1 aromatic rings. The normalized spacial score (nSPS) is 14.6. The molecule has 0 bridgehead atoms. The molecule has 18 heavy (non-hydrogen) atoms. The minimum atomic E-state index is -1.43. The van der Waals surface area contributed by atoms with Crippen LogP contribution in [0.5, 0.6) is 0 Å². The lowest BCUT2D eigenvalue weighted by Gasteiger charge is -2.27. The largest absolute Gasteiger partial charge is 0.381 e.